The molecule has 5 nitrogen and oxygen atoms in total. The zero-order chi connectivity index (χ0) is 10.8. The van der Waals surface area contributed by atoms with Gasteiger partial charge in [0.05, 0.1) is 19.3 Å². The van der Waals surface area contributed by atoms with E-state index in [1.165, 1.54) is 0 Å². The number of morpholine rings is 1. The van der Waals surface area contributed by atoms with Crippen molar-refractivity contribution in [2.45, 2.75) is 13.0 Å². The van der Waals surface area contributed by atoms with Crippen molar-refractivity contribution in [1.29, 1.82) is 0 Å². The second kappa shape index (κ2) is 3.94. The zero-order valence-corrected chi connectivity index (χ0v) is 8.69. The summed E-state index contributed by atoms with van der Waals surface area (Å²) >= 11 is 0. The van der Waals surface area contributed by atoms with Crippen molar-refractivity contribution in [3.8, 4) is 0 Å². The number of nitrogens with one attached hydrogen (secondary N) is 1. The summed E-state index contributed by atoms with van der Waals surface area (Å²) in [5.41, 5.74) is 6.68. The molecule has 15 heavy (non-hydrogen) atoms. The van der Waals surface area contributed by atoms with Crippen LogP contribution < -0.4 is 5.73 Å². The molecule has 1 aromatic rings. The Morgan fingerprint density at radius 1 is 1.73 bits per heavy atom. The number of hydrogen-bond donors (Lipinski definition) is 2. The minimum absolute atomic E-state index is 0.0116. The highest BCUT2D eigenvalue weighted by molar-refractivity contribution is 5.93. The third-order valence-corrected chi connectivity index (χ3v) is 2.56. The summed E-state index contributed by atoms with van der Waals surface area (Å²) in [6, 6.07) is 1.78. The number of nitrogens with two attached hydrogens (primary N) is 1. The van der Waals surface area contributed by atoms with Crippen molar-refractivity contribution in [3.63, 3.8) is 0 Å². The summed E-state index contributed by atoms with van der Waals surface area (Å²) in [7, 11) is 0. The van der Waals surface area contributed by atoms with Crippen LogP contribution in [0.2, 0.25) is 0 Å². The Hall–Kier alpha value is -1.49. The minimum Gasteiger partial charge on any atom is -0.397 e. The molecule has 0 saturated carbocycles. The van der Waals surface area contributed by atoms with Gasteiger partial charge < -0.3 is 20.4 Å². The molecule has 1 fully saturated rings. The van der Waals surface area contributed by atoms with E-state index in [9.17, 15) is 4.79 Å². The van der Waals surface area contributed by atoms with Gasteiger partial charge in [0.1, 0.15) is 5.69 Å². The minimum atomic E-state index is -0.0116. The maximum absolute atomic E-state index is 12.0. The molecule has 0 spiro atoms. The van der Waals surface area contributed by atoms with Gasteiger partial charge in [-0.25, -0.2) is 0 Å². The van der Waals surface area contributed by atoms with Crippen LogP contribution in [0.15, 0.2) is 12.3 Å². The molecule has 1 amide bonds. The zero-order valence-electron chi connectivity index (χ0n) is 8.69. The van der Waals surface area contributed by atoms with E-state index < -0.39 is 0 Å². The molecule has 2 heterocycles. The molecule has 0 bridgehead atoms. The van der Waals surface area contributed by atoms with Crippen LogP contribution in [0.3, 0.4) is 0 Å². The van der Waals surface area contributed by atoms with Gasteiger partial charge in [0, 0.05) is 18.4 Å². The van der Waals surface area contributed by atoms with Crippen LogP contribution in [0.1, 0.15) is 17.4 Å². The lowest BCUT2D eigenvalue weighted by Gasteiger charge is -2.32. The van der Waals surface area contributed by atoms with Crippen molar-refractivity contribution in [1.82, 2.24) is 9.88 Å². The van der Waals surface area contributed by atoms with Crippen molar-refractivity contribution in [2.24, 2.45) is 0 Å². The second-order valence-corrected chi connectivity index (χ2v) is 3.77. The Morgan fingerprint density at radius 2 is 2.53 bits per heavy atom. The summed E-state index contributed by atoms with van der Waals surface area (Å²) in [5, 5.41) is 0. The van der Waals surface area contributed by atoms with Crippen LogP contribution in [-0.4, -0.2) is 41.6 Å². The molecule has 0 unspecified atom stereocenters. The van der Waals surface area contributed by atoms with E-state index in [0.717, 1.165) is 0 Å². The standard InChI is InChI=1S/C10H15N3O2/c1-7-6-15-3-2-13(7)10(14)9-4-8(11)5-12-9/h4-5,7,12H,2-3,6,11H2,1H3/t7-/m1/s1. The molecule has 3 N–H and O–H groups in total. The largest absolute Gasteiger partial charge is 0.397 e. The maximum atomic E-state index is 12.0. The average Bonchev–Trinajstić information content (AvgIpc) is 2.65. The summed E-state index contributed by atoms with van der Waals surface area (Å²) in [4.78, 5) is 16.7. The Kier molecular flexibility index (Phi) is 2.64. The van der Waals surface area contributed by atoms with E-state index in [-0.39, 0.29) is 11.9 Å². The first-order valence-corrected chi connectivity index (χ1v) is 5.01. The monoisotopic (exact) mass is 209 g/mol. The van der Waals surface area contributed by atoms with Crippen LogP contribution in [-0.2, 0) is 4.74 Å². The van der Waals surface area contributed by atoms with E-state index >= 15 is 0 Å². The van der Waals surface area contributed by atoms with E-state index in [1.807, 2.05) is 6.92 Å². The van der Waals surface area contributed by atoms with Gasteiger partial charge in [0.25, 0.3) is 5.91 Å². The highest BCUT2D eigenvalue weighted by Gasteiger charge is 2.25. The third-order valence-electron chi connectivity index (χ3n) is 2.56. The lowest BCUT2D eigenvalue weighted by Crippen LogP contribution is -2.47. The molecule has 0 aliphatic carbocycles. The molecular weight excluding hydrogens is 194 g/mol. The number of H-pyrrole nitrogens is 1. The van der Waals surface area contributed by atoms with Crippen molar-refractivity contribution in [2.75, 3.05) is 25.5 Å². The van der Waals surface area contributed by atoms with Gasteiger partial charge in [-0.2, -0.15) is 0 Å². The van der Waals surface area contributed by atoms with Crippen LogP contribution in [0.5, 0.6) is 0 Å². The van der Waals surface area contributed by atoms with Gasteiger partial charge >= 0.3 is 0 Å². The summed E-state index contributed by atoms with van der Waals surface area (Å²) < 4.78 is 5.27. The predicted octanol–water partition coefficient (Wildman–Crippen LogP) is 0.458. The first-order valence-electron chi connectivity index (χ1n) is 5.01. The molecule has 82 valence electrons. The predicted molar refractivity (Wildman–Crippen MR) is 56.5 cm³/mol. The second-order valence-electron chi connectivity index (χ2n) is 3.77. The molecule has 1 aliphatic rings. The van der Waals surface area contributed by atoms with Gasteiger partial charge in [-0.15, -0.1) is 0 Å². The van der Waals surface area contributed by atoms with Gasteiger partial charge in [0.15, 0.2) is 0 Å². The Labute approximate surface area is 88.2 Å². The molecular formula is C10H15N3O2. The van der Waals surface area contributed by atoms with E-state index in [4.69, 9.17) is 10.5 Å². The number of nitrogen functional groups attached to an aromatic ring is 1. The van der Waals surface area contributed by atoms with Crippen molar-refractivity contribution >= 4 is 11.6 Å². The molecule has 0 radical (unpaired) electrons. The Bertz CT molecular complexity index is 361. The van der Waals surface area contributed by atoms with Crippen LogP contribution >= 0.6 is 0 Å². The molecule has 1 saturated heterocycles. The molecule has 0 aromatic carbocycles. The molecule has 1 aliphatic heterocycles. The van der Waals surface area contributed by atoms with Crippen LogP contribution in [0.25, 0.3) is 0 Å². The Morgan fingerprint density at radius 3 is 3.13 bits per heavy atom. The molecule has 1 atom stereocenters. The number of carbonyl (C=O) groups excluding carboxylic acids is 1. The fraction of sp³-hybridized carbons (Fsp3) is 0.500. The third kappa shape index (κ3) is 1.97. The maximum Gasteiger partial charge on any atom is 0.270 e. The number of carbonyl (C=O) groups is 1. The first-order chi connectivity index (χ1) is 7.18. The number of ether oxygens (including phenoxy) is 1. The highest BCUT2D eigenvalue weighted by atomic mass is 16.5. The molecule has 5 heteroatoms. The van der Waals surface area contributed by atoms with Gasteiger partial charge in [0.2, 0.25) is 0 Å². The Balaban J connectivity index is 2.13. The van der Waals surface area contributed by atoms with E-state index in [2.05, 4.69) is 4.98 Å². The smallest absolute Gasteiger partial charge is 0.270 e. The number of anilines is 1. The number of aromatic amines is 1. The molecule has 1 aromatic heterocycles. The van der Waals surface area contributed by atoms with Gasteiger partial charge in [-0.05, 0) is 13.0 Å². The van der Waals surface area contributed by atoms with E-state index in [1.54, 1.807) is 17.2 Å². The SMILES string of the molecule is C[C@@H]1COCCN1C(=O)c1cc(N)c[nH]1. The summed E-state index contributed by atoms with van der Waals surface area (Å²) in [5.74, 6) is -0.0116. The highest BCUT2D eigenvalue weighted by Crippen LogP contribution is 2.13. The topological polar surface area (TPSA) is 71.3 Å². The fourth-order valence-electron chi connectivity index (χ4n) is 1.72. The van der Waals surface area contributed by atoms with Gasteiger partial charge in [-0.1, -0.05) is 0 Å². The lowest BCUT2D eigenvalue weighted by atomic mass is 10.2. The van der Waals surface area contributed by atoms with Crippen LogP contribution in [0, 0.1) is 0 Å². The normalized spacial score (nSPS) is 21.7. The number of nitrogens with zero attached hydrogens (tertiary/aromatic N) is 1. The number of aromatic nitrogens is 1. The van der Waals surface area contributed by atoms with Crippen molar-refractivity contribution < 1.29 is 9.53 Å². The van der Waals surface area contributed by atoms with Gasteiger partial charge in [-0.3, -0.25) is 4.79 Å². The number of rotatable bonds is 1. The number of hydrogen-bond acceptors (Lipinski definition) is 3. The van der Waals surface area contributed by atoms with Crippen LogP contribution in [0.4, 0.5) is 5.69 Å². The quantitative estimate of drug-likeness (QED) is 0.705. The molecule has 2 rings (SSSR count). The van der Waals surface area contributed by atoms with E-state index in [0.29, 0.717) is 31.1 Å². The summed E-state index contributed by atoms with van der Waals surface area (Å²) in [6.45, 7) is 3.82. The van der Waals surface area contributed by atoms with Crippen molar-refractivity contribution in [3.05, 3.63) is 18.0 Å². The first kappa shape index (κ1) is 10.0. The lowest BCUT2D eigenvalue weighted by molar-refractivity contribution is 0.00331. The summed E-state index contributed by atoms with van der Waals surface area (Å²) in [6.07, 6.45) is 1.62. The fourth-order valence-corrected chi connectivity index (χ4v) is 1.72. The number of amides is 1. The average molecular weight is 209 g/mol.